The highest BCUT2D eigenvalue weighted by Gasteiger charge is 2.29. The summed E-state index contributed by atoms with van der Waals surface area (Å²) in [7, 11) is -3.49. The summed E-state index contributed by atoms with van der Waals surface area (Å²) in [5.41, 5.74) is 2.95. The van der Waals surface area contributed by atoms with Crippen LogP contribution in [0.1, 0.15) is 57.9 Å². The van der Waals surface area contributed by atoms with Crippen molar-refractivity contribution in [3.8, 4) is 11.3 Å². The van der Waals surface area contributed by atoms with Crippen LogP contribution in [0.4, 0.5) is 5.69 Å². The van der Waals surface area contributed by atoms with Gasteiger partial charge in [0.15, 0.2) is 4.80 Å². The first-order valence-electron chi connectivity index (χ1n) is 12.4. The largest absolute Gasteiger partial charge is 0.313 e. The zero-order valence-electron chi connectivity index (χ0n) is 19.8. The Bertz CT molecular complexity index is 1280. The Morgan fingerprint density at radius 2 is 1.65 bits per heavy atom. The Hall–Kier alpha value is -2.22. The zero-order valence-corrected chi connectivity index (χ0v) is 21.4. The third kappa shape index (κ3) is 4.92. The molecule has 0 atom stereocenters. The van der Waals surface area contributed by atoms with E-state index in [1.807, 2.05) is 48.5 Å². The van der Waals surface area contributed by atoms with Gasteiger partial charge in [0, 0.05) is 30.1 Å². The molecule has 0 N–H and O–H groups in total. The Kier molecular flexibility index (Phi) is 7.04. The van der Waals surface area contributed by atoms with Crippen LogP contribution >= 0.6 is 11.3 Å². The molecule has 1 aliphatic heterocycles. The van der Waals surface area contributed by atoms with Crippen molar-refractivity contribution in [2.75, 3.05) is 13.1 Å². The average molecular weight is 496 g/mol. The summed E-state index contributed by atoms with van der Waals surface area (Å²) in [6.07, 6.45) is 7.85. The maximum atomic E-state index is 13.4. The van der Waals surface area contributed by atoms with Gasteiger partial charge in [0.25, 0.3) is 0 Å². The van der Waals surface area contributed by atoms with Crippen molar-refractivity contribution in [2.45, 2.75) is 62.8 Å². The maximum Gasteiger partial charge on any atom is 0.243 e. The number of thiazole rings is 1. The molecule has 7 heteroatoms. The molecule has 2 aliphatic rings. The lowest BCUT2D eigenvalue weighted by Gasteiger charge is -2.29. The maximum absolute atomic E-state index is 13.4. The highest BCUT2D eigenvalue weighted by Crippen LogP contribution is 2.34. The van der Waals surface area contributed by atoms with E-state index >= 15 is 0 Å². The molecule has 3 aromatic rings. The molecule has 34 heavy (non-hydrogen) atoms. The number of piperidine rings is 1. The van der Waals surface area contributed by atoms with Crippen molar-refractivity contribution < 1.29 is 8.42 Å². The van der Waals surface area contributed by atoms with Gasteiger partial charge in [0.1, 0.15) is 0 Å². The molecule has 2 heterocycles. The van der Waals surface area contributed by atoms with Gasteiger partial charge in [-0.15, -0.1) is 11.3 Å². The summed E-state index contributed by atoms with van der Waals surface area (Å²) in [5, 5.41) is 2.14. The van der Waals surface area contributed by atoms with Gasteiger partial charge in [-0.1, -0.05) is 56.5 Å². The molecule has 0 radical (unpaired) electrons. The lowest BCUT2D eigenvalue weighted by molar-refractivity contribution is 0.288. The fourth-order valence-electron chi connectivity index (χ4n) is 5.11. The second kappa shape index (κ2) is 10.2. The molecule has 5 nitrogen and oxygen atoms in total. The normalized spacial score (nSPS) is 19.5. The van der Waals surface area contributed by atoms with E-state index in [-0.39, 0.29) is 0 Å². The van der Waals surface area contributed by atoms with E-state index in [0.29, 0.717) is 29.9 Å². The van der Waals surface area contributed by atoms with Crippen molar-refractivity contribution in [1.82, 2.24) is 8.87 Å². The van der Waals surface area contributed by atoms with E-state index in [1.54, 1.807) is 21.7 Å². The molecule has 1 aromatic heterocycles. The van der Waals surface area contributed by atoms with Gasteiger partial charge in [0.05, 0.1) is 16.3 Å². The number of rotatable bonds is 5. The average Bonchev–Trinajstić information content (AvgIpc) is 3.29. The minimum absolute atomic E-state index is 0.390. The molecule has 0 spiro atoms. The SMILES string of the molecule is CC1CCN(S(=O)(=O)c2cccc(-c3csc(=Nc4ccccc4)n3C3CCCCC3)c2)CC1. The molecule has 2 aromatic carbocycles. The van der Waals surface area contributed by atoms with Crippen molar-refractivity contribution in [3.05, 3.63) is 64.8 Å². The molecule has 2 fully saturated rings. The van der Waals surface area contributed by atoms with E-state index in [4.69, 9.17) is 4.99 Å². The summed E-state index contributed by atoms with van der Waals surface area (Å²) in [6.45, 7) is 3.41. The molecular weight excluding hydrogens is 462 g/mol. The molecule has 5 rings (SSSR count). The molecule has 0 unspecified atom stereocenters. The summed E-state index contributed by atoms with van der Waals surface area (Å²) in [4.78, 5) is 6.34. The van der Waals surface area contributed by atoms with Crippen LogP contribution in [-0.4, -0.2) is 30.4 Å². The Labute approximate surface area is 206 Å². The van der Waals surface area contributed by atoms with Gasteiger partial charge >= 0.3 is 0 Å². The number of aromatic nitrogens is 1. The number of nitrogens with zero attached hydrogens (tertiary/aromatic N) is 3. The van der Waals surface area contributed by atoms with Crippen molar-refractivity contribution in [1.29, 1.82) is 0 Å². The van der Waals surface area contributed by atoms with Gasteiger partial charge < -0.3 is 4.57 Å². The van der Waals surface area contributed by atoms with E-state index in [9.17, 15) is 8.42 Å². The van der Waals surface area contributed by atoms with Gasteiger partial charge in [-0.25, -0.2) is 13.4 Å². The number of benzene rings is 2. The molecule has 1 saturated heterocycles. The lowest BCUT2D eigenvalue weighted by Crippen LogP contribution is -2.37. The van der Waals surface area contributed by atoms with Crippen LogP contribution in [0.2, 0.25) is 0 Å². The predicted molar refractivity (Wildman–Crippen MR) is 139 cm³/mol. The number of sulfonamides is 1. The molecule has 1 saturated carbocycles. The van der Waals surface area contributed by atoms with E-state index in [1.165, 1.54) is 19.3 Å². The third-order valence-corrected chi connectivity index (χ3v) is 9.91. The Morgan fingerprint density at radius 3 is 2.38 bits per heavy atom. The summed E-state index contributed by atoms with van der Waals surface area (Å²) in [5.74, 6) is 0.588. The van der Waals surface area contributed by atoms with Gasteiger partial charge in [-0.05, 0) is 55.9 Å². The highest BCUT2D eigenvalue weighted by atomic mass is 32.2. The van der Waals surface area contributed by atoms with Gasteiger partial charge in [0.2, 0.25) is 10.0 Å². The van der Waals surface area contributed by atoms with Crippen LogP contribution in [0, 0.1) is 5.92 Å². The summed E-state index contributed by atoms with van der Waals surface area (Å²) in [6, 6.07) is 18.0. The predicted octanol–water partition coefficient (Wildman–Crippen LogP) is 6.37. The molecular formula is C27H33N3O2S2. The topological polar surface area (TPSA) is 54.7 Å². The fraction of sp³-hybridized carbons (Fsp3) is 0.444. The van der Waals surface area contributed by atoms with E-state index < -0.39 is 10.0 Å². The molecule has 0 bridgehead atoms. The lowest BCUT2D eigenvalue weighted by atomic mass is 9.95. The van der Waals surface area contributed by atoms with E-state index in [0.717, 1.165) is 47.4 Å². The number of hydrogen-bond acceptors (Lipinski definition) is 4. The standard InChI is InChI=1S/C27H33N3O2S2/c1-21-15-17-29(18-16-21)34(31,32)25-14-8-9-22(19-25)26-20-33-27(28-23-10-4-2-5-11-23)30(26)24-12-6-3-7-13-24/h2,4-5,8-11,14,19-21,24H,3,6-7,12-13,15-18H2,1H3. The van der Waals surface area contributed by atoms with Gasteiger partial charge in [-0.2, -0.15) is 4.31 Å². The summed E-state index contributed by atoms with van der Waals surface area (Å²) >= 11 is 1.64. The molecule has 180 valence electrons. The van der Waals surface area contributed by atoms with Crippen LogP contribution in [0.3, 0.4) is 0 Å². The van der Waals surface area contributed by atoms with Gasteiger partial charge in [-0.3, -0.25) is 0 Å². The minimum atomic E-state index is -3.49. The second-order valence-electron chi connectivity index (χ2n) is 9.63. The second-order valence-corrected chi connectivity index (χ2v) is 12.4. The molecule has 1 aliphatic carbocycles. The smallest absolute Gasteiger partial charge is 0.243 e. The van der Waals surface area contributed by atoms with Crippen LogP contribution in [0.5, 0.6) is 0 Å². The fourth-order valence-corrected chi connectivity index (χ4v) is 7.61. The van der Waals surface area contributed by atoms with Crippen molar-refractivity contribution in [3.63, 3.8) is 0 Å². The zero-order chi connectivity index (χ0) is 23.5. The third-order valence-electron chi connectivity index (χ3n) is 7.17. The van der Waals surface area contributed by atoms with Crippen LogP contribution < -0.4 is 4.80 Å². The first kappa shape index (κ1) is 23.5. The first-order chi connectivity index (χ1) is 16.5. The van der Waals surface area contributed by atoms with E-state index in [2.05, 4.69) is 16.9 Å². The number of para-hydroxylation sites is 1. The minimum Gasteiger partial charge on any atom is -0.313 e. The van der Waals surface area contributed by atoms with Crippen LogP contribution in [-0.2, 0) is 10.0 Å². The highest BCUT2D eigenvalue weighted by molar-refractivity contribution is 7.89. The number of hydrogen-bond donors (Lipinski definition) is 0. The monoisotopic (exact) mass is 495 g/mol. The van der Waals surface area contributed by atoms with Crippen molar-refractivity contribution in [2.24, 2.45) is 10.9 Å². The van der Waals surface area contributed by atoms with Crippen LogP contribution in [0.25, 0.3) is 11.3 Å². The quantitative estimate of drug-likeness (QED) is 0.413. The molecule has 0 amide bonds. The van der Waals surface area contributed by atoms with Crippen molar-refractivity contribution >= 4 is 27.0 Å². The first-order valence-corrected chi connectivity index (χ1v) is 14.7. The Morgan fingerprint density at radius 1 is 0.912 bits per heavy atom. The van der Waals surface area contributed by atoms with Crippen LogP contribution in [0.15, 0.2) is 69.9 Å². The Balaban J connectivity index is 1.56. The summed E-state index contributed by atoms with van der Waals surface area (Å²) < 4.78 is 30.9.